The third-order valence-electron chi connectivity index (χ3n) is 3.46. The summed E-state index contributed by atoms with van der Waals surface area (Å²) in [5.74, 6) is 0.870. The quantitative estimate of drug-likeness (QED) is 0.771. The average Bonchev–Trinajstić information content (AvgIpc) is 2.84. The molecule has 1 saturated heterocycles. The van der Waals surface area contributed by atoms with Crippen LogP contribution >= 0.6 is 0 Å². The Morgan fingerprint density at radius 2 is 2.18 bits per heavy atom. The molecular formula is C13H22N2O2. The van der Waals surface area contributed by atoms with Gasteiger partial charge in [0.15, 0.2) is 0 Å². The first-order valence-electron chi connectivity index (χ1n) is 6.58. The van der Waals surface area contributed by atoms with Crippen molar-refractivity contribution >= 4 is 0 Å². The van der Waals surface area contributed by atoms with Gasteiger partial charge in [-0.3, -0.25) is 4.68 Å². The van der Waals surface area contributed by atoms with Crippen molar-refractivity contribution in [2.75, 3.05) is 13.2 Å². The number of hydrogen-bond donors (Lipinski definition) is 1. The molecule has 1 aromatic heterocycles. The molecular weight excluding hydrogens is 216 g/mol. The molecule has 0 aliphatic carbocycles. The molecule has 0 saturated carbocycles. The van der Waals surface area contributed by atoms with Crippen molar-refractivity contribution in [1.29, 1.82) is 0 Å². The van der Waals surface area contributed by atoms with E-state index in [0.29, 0.717) is 0 Å². The Morgan fingerprint density at radius 1 is 1.35 bits per heavy atom. The molecule has 17 heavy (non-hydrogen) atoms. The first-order chi connectivity index (χ1) is 8.38. The van der Waals surface area contributed by atoms with Crippen LogP contribution in [0.3, 0.4) is 0 Å². The van der Waals surface area contributed by atoms with E-state index in [0.717, 1.165) is 31.2 Å². The molecule has 0 aromatic carbocycles. The molecule has 0 bridgehead atoms. The van der Waals surface area contributed by atoms with E-state index in [1.807, 2.05) is 10.9 Å². The lowest BCUT2D eigenvalue weighted by molar-refractivity contribution is 0.0630. The first kappa shape index (κ1) is 12.6. The Labute approximate surface area is 103 Å². The van der Waals surface area contributed by atoms with Gasteiger partial charge < -0.3 is 9.84 Å². The molecule has 0 spiro atoms. The maximum Gasteiger partial charge on any atom is 0.0712 e. The van der Waals surface area contributed by atoms with E-state index in [1.165, 1.54) is 32.1 Å². The molecule has 0 unspecified atom stereocenters. The highest BCUT2D eigenvalue weighted by Crippen LogP contribution is 2.20. The summed E-state index contributed by atoms with van der Waals surface area (Å²) in [5, 5.41) is 13.1. The summed E-state index contributed by atoms with van der Waals surface area (Å²) < 4.78 is 7.28. The molecule has 1 N–H and O–H groups in total. The van der Waals surface area contributed by atoms with Gasteiger partial charge in [-0.1, -0.05) is 12.8 Å². The molecule has 0 radical (unpaired) electrons. The lowest BCUT2D eigenvalue weighted by Crippen LogP contribution is -2.15. The minimum atomic E-state index is 0.0854. The van der Waals surface area contributed by atoms with E-state index in [9.17, 15) is 0 Å². The fourth-order valence-electron chi connectivity index (χ4n) is 2.35. The van der Waals surface area contributed by atoms with Crippen molar-refractivity contribution in [3.05, 3.63) is 18.0 Å². The highest BCUT2D eigenvalue weighted by molar-refractivity contribution is 5.01. The number of aliphatic hydroxyl groups excluding tert-OH is 1. The third kappa shape index (κ3) is 4.13. The normalized spacial score (nSPS) is 17.5. The Balaban J connectivity index is 1.59. The minimum absolute atomic E-state index is 0.0854. The van der Waals surface area contributed by atoms with Gasteiger partial charge in [0, 0.05) is 31.5 Å². The van der Waals surface area contributed by atoms with Gasteiger partial charge in [-0.2, -0.15) is 5.10 Å². The van der Waals surface area contributed by atoms with Crippen molar-refractivity contribution in [2.24, 2.45) is 5.92 Å². The molecule has 4 heteroatoms. The van der Waals surface area contributed by atoms with Crippen LogP contribution < -0.4 is 0 Å². The average molecular weight is 238 g/mol. The van der Waals surface area contributed by atoms with Crippen molar-refractivity contribution in [2.45, 2.75) is 45.3 Å². The predicted octanol–water partition coefficient (Wildman–Crippen LogP) is 1.97. The molecule has 0 amide bonds. The van der Waals surface area contributed by atoms with E-state index in [1.54, 1.807) is 6.20 Å². The topological polar surface area (TPSA) is 47.3 Å². The molecule has 1 aliphatic heterocycles. The first-order valence-corrected chi connectivity index (χ1v) is 6.58. The Kier molecular flexibility index (Phi) is 5.01. The summed E-state index contributed by atoms with van der Waals surface area (Å²) in [7, 11) is 0. The summed E-state index contributed by atoms with van der Waals surface area (Å²) in [5.41, 5.74) is 0.898. The Hall–Kier alpha value is -0.870. The predicted molar refractivity (Wildman–Crippen MR) is 65.5 cm³/mol. The fourth-order valence-corrected chi connectivity index (χ4v) is 2.35. The second-order valence-electron chi connectivity index (χ2n) is 4.82. The van der Waals surface area contributed by atoms with E-state index in [4.69, 9.17) is 9.84 Å². The molecule has 2 heterocycles. The smallest absolute Gasteiger partial charge is 0.0712 e. The number of rotatable bonds is 6. The zero-order valence-electron chi connectivity index (χ0n) is 10.3. The zero-order valence-corrected chi connectivity index (χ0v) is 10.3. The summed E-state index contributed by atoms with van der Waals surface area (Å²) in [6.07, 6.45) is 9.88. The number of nitrogens with zero attached hydrogens (tertiary/aromatic N) is 2. The molecule has 4 nitrogen and oxygen atoms in total. The lowest BCUT2D eigenvalue weighted by Gasteiger charge is -2.21. The maximum absolute atomic E-state index is 8.93. The zero-order chi connectivity index (χ0) is 11.9. The van der Waals surface area contributed by atoms with Gasteiger partial charge in [0.2, 0.25) is 0 Å². The summed E-state index contributed by atoms with van der Waals surface area (Å²) in [4.78, 5) is 0. The van der Waals surface area contributed by atoms with Crippen LogP contribution in [0.15, 0.2) is 12.4 Å². The molecule has 0 atom stereocenters. The maximum atomic E-state index is 8.93. The number of aliphatic hydroxyl groups is 1. The SMILES string of the molecule is OCc1cnn(CCCCC2CCOCC2)c1. The number of ether oxygens (including phenoxy) is 1. The van der Waals surface area contributed by atoms with Crippen molar-refractivity contribution in [1.82, 2.24) is 9.78 Å². The highest BCUT2D eigenvalue weighted by Gasteiger charge is 2.12. The largest absolute Gasteiger partial charge is 0.392 e. The molecule has 1 aliphatic rings. The van der Waals surface area contributed by atoms with Crippen molar-refractivity contribution in [3.63, 3.8) is 0 Å². The van der Waals surface area contributed by atoms with Gasteiger partial charge in [0.05, 0.1) is 12.8 Å². The van der Waals surface area contributed by atoms with Gasteiger partial charge >= 0.3 is 0 Å². The van der Waals surface area contributed by atoms with Crippen LogP contribution in [-0.2, 0) is 17.9 Å². The summed E-state index contributed by atoms with van der Waals surface area (Å²) >= 11 is 0. The second-order valence-corrected chi connectivity index (χ2v) is 4.82. The van der Waals surface area contributed by atoms with Crippen LogP contribution in [0.2, 0.25) is 0 Å². The van der Waals surface area contributed by atoms with Crippen LogP contribution in [0.25, 0.3) is 0 Å². The Morgan fingerprint density at radius 3 is 2.88 bits per heavy atom. The number of aryl methyl sites for hydroxylation is 1. The number of aromatic nitrogens is 2. The van der Waals surface area contributed by atoms with Gasteiger partial charge in [-0.25, -0.2) is 0 Å². The monoisotopic (exact) mass is 238 g/mol. The number of hydrogen-bond acceptors (Lipinski definition) is 3. The fraction of sp³-hybridized carbons (Fsp3) is 0.769. The van der Waals surface area contributed by atoms with E-state index < -0.39 is 0 Å². The minimum Gasteiger partial charge on any atom is -0.392 e. The Bertz CT molecular complexity index is 319. The summed E-state index contributed by atoms with van der Waals surface area (Å²) in [6, 6.07) is 0. The van der Waals surface area contributed by atoms with Crippen LogP contribution in [0.5, 0.6) is 0 Å². The van der Waals surface area contributed by atoms with Gasteiger partial charge in [0.1, 0.15) is 0 Å². The van der Waals surface area contributed by atoms with Crippen LogP contribution in [0.4, 0.5) is 0 Å². The highest BCUT2D eigenvalue weighted by atomic mass is 16.5. The second kappa shape index (κ2) is 6.77. The van der Waals surface area contributed by atoms with Crippen molar-refractivity contribution < 1.29 is 9.84 Å². The molecule has 1 fully saturated rings. The van der Waals surface area contributed by atoms with Gasteiger partial charge in [0.25, 0.3) is 0 Å². The van der Waals surface area contributed by atoms with Gasteiger partial charge in [-0.05, 0) is 25.2 Å². The lowest BCUT2D eigenvalue weighted by atomic mass is 9.94. The summed E-state index contributed by atoms with van der Waals surface area (Å²) in [6.45, 7) is 2.94. The molecule has 96 valence electrons. The van der Waals surface area contributed by atoms with E-state index >= 15 is 0 Å². The van der Waals surface area contributed by atoms with Crippen LogP contribution in [0.1, 0.15) is 37.7 Å². The molecule has 1 aromatic rings. The standard InChI is InChI=1S/C13H22N2O2/c16-11-13-9-14-15(10-13)6-2-1-3-12-4-7-17-8-5-12/h9-10,12,16H,1-8,11H2. The number of unbranched alkanes of at least 4 members (excludes halogenated alkanes) is 1. The van der Waals surface area contributed by atoms with E-state index in [2.05, 4.69) is 5.10 Å². The third-order valence-corrected chi connectivity index (χ3v) is 3.46. The van der Waals surface area contributed by atoms with Gasteiger partial charge in [-0.15, -0.1) is 0 Å². The molecule has 2 rings (SSSR count). The van der Waals surface area contributed by atoms with Crippen LogP contribution in [-0.4, -0.2) is 28.1 Å². The van der Waals surface area contributed by atoms with E-state index in [-0.39, 0.29) is 6.61 Å². The van der Waals surface area contributed by atoms with Crippen molar-refractivity contribution in [3.8, 4) is 0 Å². The van der Waals surface area contributed by atoms with Crippen LogP contribution in [0, 0.1) is 5.92 Å².